The molecule has 0 aliphatic heterocycles. The molecule has 0 bridgehead atoms. The summed E-state index contributed by atoms with van der Waals surface area (Å²) in [6.07, 6.45) is 0. The Morgan fingerprint density at radius 1 is 0.267 bits per heavy atom. The van der Waals surface area contributed by atoms with Crippen LogP contribution in [-0.4, -0.2) is 4.57 Å². The van der Waals surface area contributed by atoms with Crippen molar-refractivity contribution in [1.82, 2.24) is 4.57 Å². The molecule has 0 aliphatic carbocycles. The van der Waals surface area contributed by atoms with Crippen molar-refractivity contribution in [3.63, 3.8) is 0 Å². The van der Waals surface area contributed by atoms with Gasteiger partial charge in [-0.3, -0.25) is 0 Å². The Labute approximate surface area is 435 Å². The SMILES string of the molecule is c1ccc(-c2ccccc2N(c2ccccc2)c2ccc3c(c2)oc2ccc(N(c4ccccc4)c4ccc5c(c4)c4ccc(N(c6ccccc6)c6ccc7ccccc7c6)cc4n5-c4ccccc4)cc23)cc1. The minimum Gasteiger partial charge on any atom is -0.456 e. The molecule has 0 N–H and O–H groups in total. The van der Waals surface area contributed by atoms with Crippen molar-refractivity contribution in [2.75, 3.05) is 14.7 Å². The van der Waals surface area contributed by atoms with E-state index in [1.54, 1.807) is 0 Å². The van der Waals surface area contributed by atoms with Gasteiger partial charge in [-0.2, -0.15) is 0 Å². The van der Waals surface area contributed by atoms with Crippen LogP contribution in [0.15, 0.2) is 296 Å². The number of nitrogens with zero attached hydrogens (tertiary/aromatic N) is 4. The summed E-state index contributed by atoms with van der Waals surface area (Å²) >= 11 is 0. The van der Waals surface area contributed by atoms with Gasteiger partial charge in [0, 0.05) is 84.4 Å². The third-order valence-electron chi connectivity index (χ3n) is 14.5. The molecule has 2 heterocycles. The van der Waals surface area contributed by atoms with Crippen LogP contribution in [0.2, 0.25) is 0 Å². The van der Waals surface area contributed by atoms with Crippen LogP contribution in [0.1, 0.15) is 0 Å². The molecule has 14 rings (SSSR count). The largest absolute Gasteiger partial charge is 0.456 e. The molecular formula is C70H48N4O. The van der Waals surface area contributed by atoms with E-state index in [9.17, 15) is 0 Å². The predicted molar refractivity (Wildman–Crippen MR) is 315 cm³/mol. The Balaban J connectivity index is 0.903. The van der Waals surface area contributed by atoms with Gasteiger partial charge in [-0.25, -0.2) is 0 Å². The lowest BCUT2D eigenvalue weighted by molar-refractivity contribution is 0.669. The third kappa shape index (κ3) is 7.82. The molecule has 2 aromatic heterocycles. The molecule has 0 atom stereocenters. The second kappa shape index (κ2) is 18.5. The summed E-state index contributed by atoms with van der Waals surface area (Å²) in [5.74, 6) is 0. The van der Waals surface area contributed by atoms with Crippen LogP contribution in [-0.2, 0) is 0 Å². The Morgan fingerprint density at radius 3 is 1.45 bits per heavy atom. The molecule has 5 nitrogen and oxygen atoms in total. The fourth-order valence-electron chi connectivity index (χ4n) is 11.1. The van der Waals surface area contributed by atoms with Crippen LogP contribution < -0.4 is 14.7 Å². The van der Waals surface area contributed by atoms with Crippen molar-refractivity contribution in [2.45, 2.75) is 0 Å². The van der Waals surface area contributed by atoms with Crippen molar-refractivity contribution < 1.29 is 4.42 Å². The summed E-state index contributed by atoms with van der Waals surface area (Å²) in [7, 11) is 0. The van der Waals surface area contributed by atoms with E-state index in [1.807, 2.05) is 0 Å². The van der Waals surface area contributed by atoms with E-state index >= 15 is 0 Å². The zero-order chi connectivity index (χ0) is 49.7. The van der Waals surface area contributed by atoms with E-state index in [0.29, 0.717) is 0 Å². The van der Waals surface area contributed by atoms with E-state index in [4.69, 9.17) is 4.42 Å². The second-order valence-electron chi connectivity index (χ2n) is 19.0. The van der Waals surface area contributed by atoms with Gasteiger partial charge in [0.1, 0.15) is 11.2 Å². The molecule has 0 aliphatic rings. The Morgan fingerprint density at radius 2 is 0.760 bits per heavy atom. The lowest BCUT2D eigenvalue weighted by Gasteiger charge is -2.27. The summed E-state index contributed by atoms with van der Waals surface area (Å²) in [6, 6.07) is 104. The van der Waals surface area contributed by atoms with Gasteiger partial charge in [-0.15, -0.1) is 0 Å². The number of rotatable bonds is 11. The molecule has 5 heteroatoms. The van der Waals surface area contributed by atoms with Crippen LogP contribution in [0.3, 0.4) is 0 Å². The molecule has 0 unspecified atom stereocenters. The third-order valence-corrected chi connectivity index (χ3v) is 14.5. The maximum atomic E-state index is 6.78. The molecule has 75 heavy (non-hydrogen) atoms. The maximum Gasteiger partial charge on any atom is 0.137 e. The summed E-state index contributed by atoms with van der Waals surface area (Å²) in [4.78, 5) is 7.05. The van der Waals surface area contributed by atoms with E-state index < -0.39 is 0 Å². The standard InChI is InChI=1S/C70H48N4O/c1-6-21-50(22-7-1)61-32-18-19-33-66(61)73(54-28-12-4-13-29-54)60-37-41-63-65-46-58(39-43-69(65)75-70(63)48-60)72(53-26-10-3-11-27-53)57-38-42-67-64(45-57)62-40-36-59(47-68(62)74(67)55-30-14-5-15-31-55)71(52-24-8-2-9-25-52)56-35-34-49-20-16-17-23-51(49)44-56/h1-48H. The molecule has 0 spiro atoms. The molecule has 14 aromatic rings. The Kier molecular flexibility index (Phi) is 10.8. The van der Waals surface area contributed by atoms with E-state index in [-0.39, 0.29) is 0 Å². The lowest BCUT2D eigenvalue weighted by Crippen LogP contribution is -2.11. The summed E-state index contributed by atoms with van der Waals surface area (Å²) in [5.41, 5.74) is 16.9. The first-order valence-corrected chi connectivity index (χ1v) is 25.5. The number of hydrogen-bond donors (Lipinski definition) is 0. The molecule has 0 saturated carbocycles. The number of benzene rings is 12. The monoisotopic (exact) mass is 960 g/mol. The highest BCUT2D eigenvalue weighted by atomic mass is 16.3. The number of aromatic nitrogens is 1. The summed E-state index contributed by atoms with van der Waals surface area (Å²) in [5, 5.41) is 6.85. The van der Waals surface area contributed by atoms with Crippen molar-refractivity contribution in [1.29, 1.82) is 0 Å². The molecule has 0 amide bonds. The second-order valence-corrected chi connectivity index (χ2v) is 19.0. The normalized spacial score (nSPS) is 11.5. The highest BCUT2D eigenvalue weighted by Crippen LogP contribution is 2.46. The van der Waals surface area contributed by atoms with Crippen LogP contribution >= 0.6 is 0 Å². The molecule has 354 valence electrons. The first kappa shape index (κ1) is 43.7. The topological polar surface area (TPSA) is 27.8 Å². The van der Waals surface area contributed by atoms with Crippen molar-refractivity contribution >= 4 is 106 Å². The zero-order valence-electron chi connectivity index (χ0n) is 40.9. The van der Waals surface area contributed by atoms with Crippen LogP contribution in [0, 0.1) is 0 Å². The first-order chi connectivity index (χ1) is 37.2. The van der Waals surface area contributed by atoms with E-state index in [0.717, 1.165) is 106 Å². The quantitative estimate of drug-likeness (QED) is 0.129. The van der Waals surface area contributed by atoms with Gasteiger partial charge in [-0.05, 0) is 144 Å². The van der Waals surface area contributed by atoms with Crippen molar-refractivity contribution in [2.24, 2.45) is 0 Å². The molecule has 0 saturated heterocycles. The molecular weight excluding hydrogens is 913 g/mol. The van der Waals surface area contributed by atoms with E-state index in [1.165, 1.54) is 16.2 Å². The minimum absolute atomic E-state index is 0.824. The number of fused-ring (bicyclic) bond motifs is 7. The van der Waals surface area contributed by atoms with Gasteiger partial charge in [0.05, 0.1) is 16.7 Å². The van der Waals surface area contributed by atoms with Gasteiger partial charge in [-0.1, -0.05) is 158 Å². The summed E-state index contributed by atoms with van der Waals surface area (Å²) in [6.45, 7) is 0. The van der Waals surface area contributed by atoms with Crippen molar-refractivity contribution in [3.8, 4) is 16.8 Å². The minimum atomic E-state index is 0.824. The van der Waals surface area contributed by atoms with Gasteiger partial charge >= 0.3 is 0 Å². The number of anilines is 9. The van der Waals surface area contributed by atoms with Gasteiger partial charge in [0.25, 0.3) is 0 Å². The van der Waals surface area contributed by atoms with Gasteiger partial charge in [0.2, 0.25) is 0 Å². The van der Waals surface area contributed by atoms with Crippen LogP contribution in [0.4, 0.5) is 51.2 Å². The number of para-hydroxylation sites is 5. The lowest BCUT2D eigenvalue weighted by atomic mass is 10.0. The highest BCUT2D eigenvalue weighted by Gasteiger charge is 2.23. The number of hydrogen-bond acceptors (Lipinski definition) is 4. The number of furan rings is 1. The van der Waals surface area contributed by atoms with Crippen molar-refractivity contribution in [3.05, 3.63) is 291 Å². The Hall–Kier alpha value is -10.1. The predicted octanol–water partition coefficient (Wildman–Crippen LogP) is 19.9. The highest BCUT2D eigenvalue weighted by molar-refractivity contribution is 6.13. The average Bonchev–Trinajstić information content (AvgIpc) is 4.04. The Bertz CT molecular complexity index is 4360. The fraction of sp³-hybridized carbons (Fsp3) is 0. The van der Waals surface area contributed by atoms with E-state index in [2.05, 4.69) is 310 Å². The molecule has 12 aromatic carbocycles. The van der Waals surface area contributed by atoms with Crippen LogP contribution in [0.5, 0.6) is 0 Å². The van der Waals surface area contributed by atoms with Crippen LogP contribution in [0.25, 0.3) is 71.3 Å². The zero-order valence-corrected chi connectivity index (χ0v) is 40.9. The van der Waals surface area contributed by atoms with Gasteiger partial charge in [0.15, 0.2) is 0 Å². The molecule has 0 fully saturated rings. The first-order valence-electron chi connectivity index (χ1n) is 25.5. The molecule has 0 radical (unpaired) electrons. The fourth-order valence-corrected chi connectivity index (χ4v) is 11.1. The summed E-state index contributed by atoms with van der Waals surface area (Å²) < 4.78 is 9.19. The smallest absolute Gasteiger partial charge is 0.137 e. The maximum absolute atomic E-state index is 6.78. The average molecular weight is 961 g/mol. The van der Waals surface area contributed by atoms with Gasteiger partial charge < -0.3 is 23.7 Å².